The second-order valence-corrected chi connectivity index (χ2v) is 8.78. The molecule has 0 spiro atoms. The molecule has 0 amide bonds. The topological polar surface area (TPSA) is 54.3 Å². The molecule has 2 unspecified atom stereocenters. The summed E-state index contributed by atoms with van der Waals surface area (Å²) in [4.78, 5) is 21.6. The maximum absolute atomic E-state index is 14.8. The minimum absolute atomic E-state index is 0.189. The van der Waals surface area contributed by atoms with Crippen molar-refractivity contribution >= 4 is 23.4 Å². The highest BCUT2D eigenvalue weighted by Crippen LogP contribution is 2.42. The fourth-order valence-electron chi connectivity index (χ4n) is 4.31. The lowest BCUT2D eigenvalue weighted by molar-refractivity contribution is 0.0828. The molecule has 2 atom stereocenters. The molecule has 0 saturated carbocycles. The number of halogens is 2. The van der Waals surface area contributed by atoms with Gasteiger partial charge in [0.1, 0.15) is 22.7 Å². The average molecular weight is 442 g/mol. The second kappa shape index (κ2) is 8.05. The summed E-state index contributed by atoms with van der Waals surface area (Å²) < 4.78 is 30.4. The highest BCUT2D eigenvalue weighted by atomic mass is 32.2. The molecule has 1 aromatic heterocycles. The number of carbonyl (C=O) groups excluding carboxylic acids is 1. The monoisotopic (exact) mass is 441 g/mol. The van der Waals surface area contributed by atoms with E-state index in [1.54, 1.807) is 37.3 Å². The number of aromatic nitrogens is 3. The standard InChI is InChI=1S/C22H21F2N5OS/c1-14-25-22-29(26-14)21(30)20(31-22)19(15-6-2-3-7-16(15)23)28-12-10-27(11-13-28)18-9-5-4-8-17(18)24/h2-9,19-20H,10-13H2,1H3. The van der Waals surface area contributed by atoms with Gasteiger partial charge in [-0.15, -0.1) is 5.10 Å². The van der Waals surface area contributed by atoms with E-state index in [2.05, 4.69) is 15.0 Å². The highest BCUT2D eigenvalue weighted by molar-refractivity contribution is 8.00. The Balaban J connectivity index is 1.43. The molecule has 1 fully saturated rings. The summed E-state index contributed by atoms with van der Waals surface area (Å²) in [5.74, 6) is -0.248. The summed E-state index contributed by atoms with van der Waals surface area (Å²) >= 11 is 1.33. The SMILES string of the molecule is Cc1nc2n(n1)C(=O)C(C(c1ccccc1F)N1CCN(c3ccccc3F)CC1)S2. The number of thioether (sulfide) groups is 1. The first-order valence-electron chi connectivity index (χ1n) is 10.2. The van der Waals surface area contributed by atoms with Gasteiger partial charge in [0.25, 0.3) is 5.91 Å². The Labute approximate surface area is 182 Å². The van der Waals surface area contributed by atoms with E-state index in [9.17, 15) is 13.6 Å². The van der Waals surface area contributed by atoms with Crippen molar-refractivity contribution in [1.29, 1.82) is 0 Å². The van der Waals surface area contributed by atoms with Crippen molar-refractivity contribution in [1.82, 2.24) is 19.7 Å². The number of piperazine rings is 1. The highest BCUT2D eigenvalue weighted by Gasteiger charge is 2.44. The number of fused-ring (bicyclic) bond motifs is 1. The fourth-order valence-corrected chi connectivity index (χ4v) is 5.61. The third-order valence-electron chi connectivity index (χ3n) is 5.78. The van der Waals surface area contributed by atoms with E-state index in [4.69, 9.17) is 0 Å². The molecule has 2 aliphatic heterocycles. The zero-order chi connectivity index (χ0) is 21.5. The second-order valence-electron chi connectivity index (χ2n) is 7.67. The predicted molar refractivity (Wildman–Crippen MR) is 114 cm³/mol. The number of carbonyl (C=O) groups is 1. The number of para-hydroxylation sites is 1. The van der Waals surface area contributed by atoms with Gasteiger partial charge in [-0.25, -0.2) is 13.8 Å². The van der Waals surface area contributed by atoms with Gasteiger partial charge in [-0.3, -0.25) is 9.69 Å². The van der Waals surface area contributed by atoms with Crippen LogP contribution in [0.1, 0.15) is 22.2 Å². The van der Waals surface area contributed by atoms with Crippen LogP contribution in [0.4, 0.5) is 14.5 Å². The minimum Gasteiger partial charge on any atom is -0.367 e. The number of hydrogen-bond acceptors (Lipinski definition) is 6. The number of nitrogens with zero attached hydrogens (tertiary/aromatic N) is 5. The molecular weight excluding hydrogens is 420 g/mol. The van der Waals surface area contributed by atoms with E-state index in [1.807, 2.05) is 11.0 Å². The molecule has 0 aliphatic carbocycles. The van der Waals surface area contributed by atoms with Crippen LogP contribution in [0.2, 0.25) is 0 Å². The third-order valence-corrected chi connectivity index (χ3v) is 6.97. The smallest absolute Gasteiger partial charge is 0.264 e. The van der Waals surface area contributed by atoms with Crippen molar-refractivity contribution in [2.45, 2.75) is 23.4 Å². The van der Waals surface area contributed by atoms with Crippen LogP contribution >= 0.6 is 11.8 Å². The van der Waals surface area contributed by atoms with Crippen LogP contribution in [0.25, 0.3) is 0 Å². The molecule has 0 radical (unpaired) electrons. The fraction of sp³-hybridized carbons (Fsp3) is 0.318. The van der Waals surface area contributed by atoms with E-state index >= 15 is 0 Å². The van der Waals surface area contributed by atoms with Crippen molar-refractivity contribution in [2.24, 2.45) is 0 Å². The van der Waals surface area contributed by atoms with E-state index in [1.165, 1.54) is 28.6 Å². The van der Waals surface area contributed by atoms with Crippen LogP contribution in [-0.2, 0) is 0 Å². The van der Waals surface area contributed by atoms with Crippen molar-refractivity contribution in [3.63, 3.8) is 0 Å². The first-order chi connectivity index (χ1) is 15.0. The van der Waals surface area contributed by atoms with Gasteiger partial charge in [-0.05, 0) is 25.1 Å². The van der Waals surface area contributed by atoms with Crippen LogP contribution < -0.4 is 4.90 Å². The quantitative estimate of drug-likeness (QED) is 0.617. The summed E-state index contributed by atoms with van der Waals surface area (Å²) in [5, 5.41) is 4.19. The van der Waals surface area contributed by atoms with Gasteiger partial charge < -0.3 is 4.90 Å². The van der Waals surface area contributed by atoms with Crippen LogP contribution in [0, 0.1) is 18.6 Å². The molecular formula is C22H21F2N5OS. The molecule has 5 rings (SSSR count). The van der Waals surface area contributed by atoms with Crippen LogP contribution in [-0.4, -0.2) is 57.0 Å². The van der Waals surface area contributed by atoms with E-state index in [0.717, 1.165) is 0 Å². The molecule has 3 aromatic rings. The first kappa shape index (κ1) is 20.1. The van der Waals surface area contributed by atoms with Gasteiger partial charge in [-0.1, -0.05) is 42.1 Å². The third kappa shape index (κ3) is 3.61. The van der Waals surface area contributed by atoms with Crippen molar-refractivity contribution < 1.29 is 13.6 Å². The Morgan fingerprint density at radius 1 is 1.00 bits per heavy atom. The van der Waals surface area contributed by atoms with Crippen molar-refractivity contribution in [3.05, 3.63) is 71.6 Å². The maximum Gasteiger partial charge on any atom is 0.264 e. The van der Waals surface area contributed by atoms with Gasteiger partial charge in [-0.2, -0.15) is 4.68 Å². The number of rotatable bonds is 4. The molecule has 2 aliphatic rings. The number of hydrogen-bond donors (Lipinski definition) is 0. The molecule has 0 N–H and O–H groups in total. The van der Waals surface area contributed by atoms with Gasteiger partial charge >= 0.3 is 0 Å². The van der Waals surface area contributed by atoms with E-state index in [0.29, 0.717) is 48.4 Å². The van der Waals surface area contributed by atoms with Crippen molar-refractivity contribution in [3.8, 4) is 0 Å². The van der Waals surface area contributed by atoms with Gasteiger partial charge in [0.15, 0.2) is 5.16 Å². The zero-order valence-electron chi connectivity index (χ0n) is 16.9. The van der Waals surface area contributed by atoms with E-state index in [-0.39, 0.29) is 17.5 Å². The van der Waals surface area contributed by atoms with Gasteiger partial charge in [0.2, 0.25) is 0 Å². The van der Waals surface area contributed by atoms with E-state index < -0.39 is 11.3 Å². The summed E-state index contributed by atoms with van der Waals surface area (Å²) in [5.41, 5.74) is 1.05. The maximum atomic E-state index is 14.8. The number of anilines is 1. The molecule has 1 saturated heterocycles. The normalized spacial score (nSPS) is 20.2. The van der Waals surface area contributed by atoms with Crippen molar-refractivity contribution in [2.75, 3.05) is 31.1 Å². The lowest BCUT2D eigenvalue weighted by Gasteiger charge is -2.41. The Hall–Kier alpha value is -2.78. The lowest BCUT2D eigenvalue weighted by atomic mass is 9.99. The molecule has 160 valence electrons. The Bertz CT molecular complexity index is 1130. The van der Waals surface area contributed by atoms with Gasteiger partial charge in [0.05, 0.1) is 11.7 Å². The summed E-state index contributed by atoms with van der Waals surface area (Å²) in [6.45, 7) is 4.06. The number of aryl methyl sites for hydroxylation is 1. The van der Waals surface area contributed by atoms with Gasteiger partial charge in [0, 0.05) is 31.7 Å². The number of benzene rings is 2. The Morgan fingerprint density at radius 2 is 1.68 bits per heavy atom. The predicted octanol–water partition coefficient (Wildman–Crippen LogP) is 3.54. The zero-order valence-corrected chi connectivity index (χ0v) is 17.7. The summed E-state index contributed by atoms with van der Waals surface area (Å²) in [7, 11) is 0. The molecule has 31 heavy (non-hydrogen) atoms. The van der Waals surface area contributed by atoms with Crippen LogP contribution in [0.3, 0.4) is 0 Å². The molecule has 3 heterocycles. The van der Waals surface area contributed by atoms with Crippen LogP contribution in [0.15, 0.2) is 53.7 Å². The largest absolute Gasteiger partial charge is 0.367 e. The molecule has 6 nitrogen and oxygen atoms in total. The lowest BCUT2D eigenvalue weighted by Crippen LogP contribution is -2.51. The Kier molecular flexibility index (Phi) is 5.23. The first-order valence-corrected chi connectivity index (χ1v) is 11.0. The average Bonchev–Trinajstić information content (AvgIpc) is 3.28. The Morgan fingerprint density at radius 3 is 2.35 bits per heavy atom. The molecule has 9 heteroatoms. The summed E-state index contributed by atoms with van der Waals surface area (Å²) in [6.07, 6.45) is 0. The van der Waals surface area contributed by atoms with Crippen LogP contribution in [0.5, 0.6) is 0 Å². The molecule has 2 aromatic carbocycles. The summed E-state index contributed by atoms with van der Waals surface area (Å²) in [6, 6.07) is 12.8. The minimum atomic E-state index is -0.549. The molecule has 0 bridgehead atoms.